The van der Waals surface area contributed by atoms with Gasteiger partial charge in [0.15, 0.2) is 0 Å². The Hall–Kier alpha value is -0.810. The van der Waals surface area contributed by atoms with Crippen LogP contribution in [-0.2, 0) is 4.74 Å². The SMILES string of the molecule is O=C(NCC1CCCCO1)NC1CCCCNC1. The minimum Gasteiger partial charge on any atom is -0.376 e. The fourth-order valence-electron chi connectivity index (χ4n) is 2.55. The lowest BCUT2D eigenvalue weighted by Crippen LogP contribution is -2.47. The van der Waals surface area contributed by atoms with Crippen LogP contribution in [0.2, 0.25) is 0 Å². The van der Waals surface area contributed by atoms with E-state index in [0.717, 1.165) is 39.0 Å². The summed E-state index contributed by atoms with van der Waals surface area (Å²) >= 11 is 0. The van der Waals surface area contributed by atoms with E-state index in [1.165, 1.54) is 19.3 Å². The van der Waals surface area contributed by atoms with Gasteiger partial charge in [0.05, 0.1) is 6.10 Å². The molecule has 18 heavy (non-hydrogen) atoms. The molecule has 2 heterocycles. The van der Waals surface area contributed by atoms with Crippen LogP contribution in [0, 0.1) is 0 Å². The molecule has 2 aliphatic rings. The number of carbonyl (C=O) groups is 1. The molecule has 0 aromatic rings. The van der Waals surface area contributed by atoms with Crippen molar-refractivity contribution in [3.05, 3.63) is 0 Å². The van der Waals surface area contributed by atoms with Crippen LogP contribution in [0.4, 0.5) is 4.79 Å². The molecule has 5 nitrogen and oxygen atoms in total. The van der Waals surface area contributed by atoms with Crippen LogP contribution in [0.15, 0.2) is 0 Å². The van der Waals surface area contributed by atoms with Crippen LogP contribution in [0.25, 0.3) is 0 Å². The van der Waals surface area contributed by atoms with Gasteiger partial charge >= 0.3 is 6.03 Å². The number of nitrogens with one attached hydrogen (secondary N) is 3. The monoisotopic (exact) mass is 255 g/mol. The Labute approximate surface area is 109 Å². The number of carbonyl (C=O) groups excluding carboxylic acids is 1. The highest BCUT2D eigenvalue weighted by Gasteiger charge is 2.17. The van der Waals surface area contributed by atoms with E-state index < -0.39 is 0 Å². The molecule has 2 rings (SSSR count). The molecule has 2 saturated heterocycles. The Morgan fingerprint density at radius 3 is 2.94 bits per heavy atom. The number of rotatable bonds is 3. The van der Waals surface area contributed by atoms with E-state index in [-0.39, 0.29) is 18.2 Å². The Bertz CT molecular complexity index is 247. The van der Waals surface area contributed by atoms with E-state index >= 15 is 0 Å². The number of ether oxygens (including phenoxy) is 1. The molecule has 2 fully saturated rings. The van der Waals surface area contributed by atoms with Gasteiger partial charge in [-0.1, -0.05) is 6.42 Å². The normalized spacial score (nSPS) is 29.3. The zero-order valence-electron chi connectivity index (χ0n) is 11.0. The van der Waals surface area contributed by atoms with Gasteiger partial charge in [-0.25, -0.2) is 4.79 Å². The lowest BCUT2D eigenvalue weighted by atomic mass is 10.1. The first kappa shape index (κ1) is 13.6. The third-order valence-corrected chi connectivity index (χ3v) is 3.65. The van der Waals surface area contributed by atoms with E-state index in [9.17, 15) is 4.79 Å². The third kappa shape index (κ3) is 4.82. The topological polar surface area (TPSA) is 62.4 Å². The molecular formula is C13H25N3O2. The molecular weight excluding hydrogens is 230 g/mol. The lowest BCUT2D eigenvalue weighted by molar-refractivity contribution is 0.0184. The number of amides is 2. The highest BCUT2D eigenvalue weighted by molar-refractivity contribution is 5.74. The van der Waals surface area contributed by atoms with Crippen LogP contribution < -0.4 is 16.0 Å². The first-order valence-corrected chi connectivity index (χ1v) is 7.21. The maximum absolute atomic E-state index is 11.8. The van der Waals surface area contributed by atoms with Crippen LogP contribution in [-0.4, -0.2) is 44.4 Å². The zero-order chi connectivity index (χ0) is 12.6. The standard InChI is InChI=1S/C13H25N3O2/c17-13(15-10-12-6-2-4-8-18-12)16-11-5-1-3-7-14-9-11/h11-12,14H,1-10H2,(H2,15,16,17). The molecule has 5 heteroatoms. The van der Waals surface area contributed by atoms with Gasteiger partial charge in [-0.05, 0) is 38.6 Å². The van der Waals surface area contributed by atoms with Crippen molar-refractivity contribution in [2.75, 3.05) is 26.2 Å². The van der Waals surface area contributed by atoms with Gasteiger partial charge in [-0.3, -0.25) is 0 Å². The molecule has 0 bridgehead atoms. The van der Waals surface area contributed by atoms with Crippen LogP contribution in [0.1, 0.15) is 38.5 Å². The summed E-state index contributed by atoms with van der Waals surface area (Å²) in [7, 11) is 0. The van der Waals surface area contributed by atoms with E-state index in [2.05, 4.69) is 16.0 Å². The Kier molecular flexibility index (Phi) is 5.74. The average molecular weight is 255 g/mol. The Morgan fingerprint density at radius 1 is 1.22 bits per heavy atom. The molecule has 0 aliphatic carbocycles. The first-order valence-electron chi connectivity index (χ1n) is 7.21. The fraction of sp³-hybridized carbons (Fsp3) is 0.923. The van der Waals surface area contributed by atoms with Gasteiger partial charge < -0.3 is 20.7 Å². The second-order valence-corrected chi connectivity index (χ2v) is 5.24. The summed E-state index contributed by atoms with van der Waals surface area (Å²) in [6.07, 6.45) is 7.08. The second-order valence-electron chi connectivity index (χ2n) is 5.24. The molecule has 2 amide bonds. The molecule has 0 aromatic carbocycles. The number of hydrogen-bond acceptors (Lipinski definition) is 3. The summed E-state index contributed by atoms with van der Waals surface area (Å²) in [5.74, 6) is 0. The maximum atomic E-state index is 11.8. The molecule has 0 radical (unpaired) electrons. The van der Waals surface area contributed by atoms with Gasteiger partial charge in [0.2, 0.25) is 0 Å². The van der Waals surface area contributed by atoms with Crippen molar-refractivity contribution < 1.29 is 9.53 Å². The minimum absolute atomic E-state index is 0.0575. The van der Waals surface area contributed by atoms with Crippen LogP contribution in [0.3, 0.4) is 0 Å². The Morgan fingerprint density at radius 2 is 2.11 bits per heavy atom. The van der Waals surface area contributed by atoms with E-state index in [1.807, 2.05) is 0 Å². The number of urea groups is 1. The highest BCUT2D eigenvalue weighted by atomic mass is 16.5. The summed E-state index contributed by atoms with van der Waals surface area (Å²) in [4.78, 5) is 11.8. The fourth-order valence-corrected chi connectivity index (χ4v) is 2.55. The van der Waals surface area contributed by atoms with Crippen molar-refractivity contribution in [3.8, 4) is 0 Å². The van der Waals surface area contributed by atoms with Gasteiger partial charge in [0, 0.05) is 25.7 Å². The van der Waals surface area contributed by atoms with Crippen molar-refractivity contribution in [1.29, 1.82) is 0 Å². The molecule has 3 N–H and O–H groups in total. The smallest absolute Gasteiger partial charge is 0.315 e. The quantitative estimate of drug-likeness (QED) is 0.705. The van der Waals surface area contributed by atoms with Gasteiger partial charge in [-0.15, -0.1) is 0 Å². The summed E-state index contributed by atoms with van der Waals surface area (Å²) < 4.78 is 5.58. The second kappa shape index (κ2) is 7.59. The maximum Gasteiger partial charge on any atom is 0.315 e. The van der Waals surface area contributed by atoms with Crippen molar-refractivity contribution >= 4 is 6.03 Å². The van der Waals surface area contributed by atoms with Gasteiger partial charge in [0.25, 0.3) is 0 Å². The van der Waals surface area contributed by atoms with E-state index in [4.69, 9.17) is 4.74 Å². The largest absolute Gasteiger partial charge is 0.376 e. The van der Waals surface area contributed by atoms with E-state index in [0.29, 0.717) is 6.54 Å². The molecule has 2 atom stereocenters. The lowest BCUT2D eigenvalue weighted by Gasteiger charge is -2.23. The van der Waals surface area contributed by atoms with Crippen LogP contribution >= 0.6 is 0 Å². The van der Waals surface area contributed by atoms with Crippen molar-refractivity contribution in [3.63, 3.8) is 0 Å². The zero-order valence-corrected chi connectivity index (χ0v) is 11.0. The molecule has 104 valence electrons. The predicted molar refractivity (Wildman–Crippen MR) is 70.6 cm³/mol. The van der Waals surface area contributed by atoms with Gasteiger partial charge in [-0.2, -0.15) is 0 Å². The van der Waals surface area contributed by atoms with Crippen LogP contribution in [0.5, 0.6) is 0 Å². The molecule has 0 aromatic heterocycles. The summed E-state index contributed by atoms with van der Waals surface area (Å²) in [6.45, 7) is 3.41. The summed E-state index contributed by atoms with van der Waals surface area (Å²) in [6, 6.07) is 0.206. The van der Waals surface area contributed by atoms with Crippen molar-refractivity contribution in [2.24, 2.45) is 0 Å². The minimum atomic E-state index is -0.0575. The Balaban J connectivity index is 1.61. The van der Waals surface area contributed by atoms with Crippen molar-refractivity contribution in [1.82, 2.24) is 16.0 Å². The van der Waals surface area contributed by atoms with E-state index in [1.54, 1.807) is 0 Å². The molecule has 2 aliphatic heterocycles. The number of hydrogen-bond donors (Lipinski definition) is 3. The summed E-state index contributed by atoms with van der Waals surface area (Å²) in [5.41, 5.74) is 0. The predicted octanol–water partition coefficient (Wildman–Crippen LogP) is 0.997. The highest BCUT2D eigenvalue weighted by Crippen LogP contribution is 2.11. The molecule has 0 spiro atoms. The first-order chi connectivity index (χ1) is 8.84. The average Bonchev–Trinajstić information content (AvgIpc) is 2.66. The third-order valence-electron chi connectivity index (χ3n) is 3.65. The van der Waals surface area contributed by atoms with Gasteiger partial charge in [0.1, 0.15) is 0 Å². The summed E-state index contributed by atoms with van der Waals surface area (Å²) in [5, 5.41) is 9.29. The van der Waals surface area contributed by atoms with Crippen molar-refractivity contribution in [2.45, 2.75) is 50.7 Å². The molecule has 0 saturated carbocycles. The molecule has 2 unspecified atom stereocenters.